The third-order valence-electron chi connectivity index (χ3n) is 2.38. The lowest BCUT2D eigenvalue weighted by Crippen LogP contribution is -2.28. The van der Waals surface area contributed by atoms with E-state index >= 15 is 0 Å². The standard InChI is InChI=1S/C13H15BrF3NO2/c14-11(10-4-2-1-3-5-10)8-18-12(19)6-7-20-9-13(15,16)17/h1-5,11H,6-9H2,(H,18,19). The average Bonchev–Trinajstić information content (AvgIpc) is 2.41. The molecule has 3 nitrogen and oxygen atoms in total. The van der Waals surface area contributed by atoms with Crippen molar-refractivity contribution in [2.45, 2.75) is 17.4 Å². The molecule has 1 aromatic carbocycles. The van der Waals surface area contributed by atoms with Gasteiger partial charge >= 0.3 is 6.18 Å². The van der Waals surface area contributed by atoms with Gasteiger partial charge in [-0.1, -0.05) is 46.3 Å². The molecule has 20 heavy (non-hydrogen) atoms. The summed E-state index contributed by atoms with van der Waals surface area (Å²) in [7, 11) is 0. The van der Waals surface area contributed by atoms with Gasteiger partial charge in [-0.05, 0) is 5.56 Å². The largest absolute Gasteiger partial charge is 0.411 e. The third-order valence-corrected chi connectivity index (χ3v) is 3.23. The smallest absolute Gasteiger partial charge is 0.372 e. The van der Waals surface area contributed by atoms with Crippen LogP contribution in [-0.2, 0) is 9.53 Å². The second kappa shape index (κ2) is 8.26. The number of alkyl halides is 4. The van der Waals surface area contributed by atoms with E-state index in [1.807, 2.05) is 30.3 Å². The number of benzene rings is 1. The summed E-state index contributed by atoms with van der Waals surface area (Å²) in [6, 6.07) is 9.49. The lowest BCUT2D eigenvalue weighted by atomic mass is 10.1. The molecule has 0 saturated carbocycles. The van der Waals surface area contributed by atoms with Gasteiger partial charge in [-0.3, -0.25) is 4.79 Å². The van der Waals surface area contributed by atoms with Crippen molar-refractivity contribution in [3.05, 3.63) is 35.9 Å². The fourth-order valence-corrected chi connectivity index (χ4v) is 1.89. The Morgan fingerprint density at radius 1 is 1.30 bits per heavy atom. The summed E-state index contributed by atoms with van der Waals surface area (Å²) in [6.45, 7) is -1.21. The van der Waals surface area contributed by atoms with Crippen LogP contribution < -0.4 is 5.32 Å². The molecule has 0 aromatic heterocycles. The van der Waals surface area contributed by atoms with Crippen LogP contribution in [0, 0.1) is 0 Å². The molecule has 7 heteroatoms. The first kappa shape index (κ1) is 17.0. The van der Waals surface area contributed by atoms with E-state index in [1.54, 1.807) is 0 Å². The van der Waals surface area contributed by atoms with Gasteiger partial charge in [-0.25, -0.2) is 0 Å². The molecular formula is C13H15BrF3NO2. The van der Waals surface area contributed by atoms with Gasteiger partial charge in [0.2, 0.25) is 5.91 Å². The van der Waals surface area contributed by atoms with Crippen LogP contribution in [-0.4, -0.2) is 31.8 Å². The minimum atomic E-state index is -4.36. The fourth-order valence-electron chi connectivity index (χ4n) is 1.42. The first-order valence-electron chi connectivity index (χ1n) is 5.98. The van der Waals surface area contributed by atoms with Crippen molar-refractivity contribution in [3.8, 4) is 0 Å². The molecule has 0 fully saturated rings. The Labute approximate surface area is 123 Å². The van der Waals surface area contributed by atoms with Gasteiger partial charge in [-0.15, -0.1) is 0 Å². The number of amides is 1. The highest BCUT2D eigenvalue weighted by Gasteiger charge is 2.27. The molecule has 0 aliphatic rings. The van der Waals surface area contributed by atoms with Crippen molar-refractivity contribution in [1.29, 1.82) is 0 Å². The summed E-state index contributed by atoms with van der Waals surface area (Å²) in [4.78, 5) is 11.4. The van der Waals surface area contributed by atoms with E-state index in [-0.39, 0.29) is 23.8 Å². The monoisotopic (exact) mass is 353 g/mol. The van der Waals surface area contributed by atoms with E-state index in [4.69, 9.17) is 0 Å². The minimum Gasteiger partial charge on any atom is -0.372 e. The van der Waals surface area contributed by atoms with Crippen LogP contribution in [0.4, 0.5) is 13.2 Å². The molecule has 0 aliphatic carbocycles. The minimum absolute atomic E-state index is 0.0382. The molecule has 0 bridgehead atoms. The van der Waals surface area contributed by atoms with E-state index in [1.165, 1.54) is 0 Å². The van der Waals surface area contributed by atoms with Gasteiger partial charge in [0.05, 0.1) is 11.4 Å². The zero-order valence-electron chi connectivity index (χ0n) is 10.6. The molecule has 1 amide bonds. The molecule has 1 atom stereocenters. The van der Waals surface area contributed by atoms with Crippen molar-refractivity contribution in [3.63, 3.8) is 0 Å². The van der Waals surface area contributed by atoms with Crippen molar-refractivity contribution >= 4 is 21.8 Å². The van der Waals surface area contributed by atoms with Gasteiger partial charge in [0, 0.05) is 13.0 Å². The van der Waals surface area contributed by atoms with Gasteiger partial charge < -0.3 is 10.1 Å². The first-order valence-corrected chi connectivity index (χ1v) is 6.90. The predicted molar refractivity (Wildman–Crippen MR) is 72.6 cm³/mol. The highest BCUT2D eigenvalue weighted by molar-refractivity contribution is 9.09. The van der Waals surface area contributed by atoms with Crippen LogP contribution in [0.15, 0.2) is 30.3 Å². The summed E-state index contributed by atoms with van der Waals surface area (Å²) in [5.74, 6) is -0.340. The van der Waals surface area contributed by atoms with Crippen molar-refractivity contribution in [2.75, 3.05) is 19.8 Å². The van der Waals surface area contributed by atoms with Crippen LogP contribution in [0.1, 0.15) is 16.8 Å². The van der Waals surface area contributed by atoms with E-state index < -0.39 is 12.8 Å². The fraction of sp³-hybridized carbons (Fsp3) is 0.462. The summed E-state index contributed by atoms with van der Waals surface area (Å²) in [5.41, 5.74) is 1.01. The number of nitrogens with one attached hydrogen (secondary N) is 1. The van der Waals surface area contributed by atoms with E-state index in [0.717, 1.165) is 5.56 Å². The number of hydrogen-bond acceptors (Lipinski definition) is 2. The molecule has 0 spiro atoms. The van der Waals surface area contributed by atoms with E-state index in [0.29, 0.717) is 6.54 Å². The Hall–Kier alpha value is -1.08. The summed E-state index contributed by atoms with van der Waals surface area (Å²) in [6.07, 6.45) is -4.45. The number of hydrogen-bond donors (Lipinski definition) is 1. The number of carbonyl (C=O) groups excluding carboxylic acids is 1. The van der Waals surface area contributed by atoms with Crippen molar-refractivity contribution < 1.29 is 22.7 Å². The summed E-state index contributed by atoms with van der Waals surface area (Å²) in [5, 5.41) is 2.63. The van der Waals surface area contributed by atoms with Gasteiger partial charge in [0.15, 0.2) is 0 Å². The van der Waals surface area contributed by atoms with Crippen LogP contribution in [0.2, 0.25) is 0 Å². The maximum Gasteiger partial charge on any atom is 0.411 e. The zero-order valence-corrected chi connectivity index (χ0v) is 12.2. The maximum absolute atomic E-state index is 11.8. The average molecular weight is 354 g/mol. The molecule has 1 unspecified atom stereocenters. The number of ether oxygens (including phenoxy) is 1. The van der Waals surface area contributed by atoms with Crippen LogP contribution in [0.25, 0.3) is 0 Å². The molecule has 0 heterocycles. The van der Waals surface area contributed by atoms with E-state index in [2.05, 4.69) is 26.0 Å². The topological polar surface area (TPSA) is 38.3 Å². The van der Waals surface area contributed by atoms with Gasteiger partial charge in [0.25, 0.3) is 0 Å². The second-order valence-corrected chi connectivity index (χ2v) is 5.21. The molecule has 1 aromatic rings. The number of halogens is 4. The second-order valence-electron chi connectivity index (χ2n) is 4.10. The Morgan fingerprint density at radius 3 is 2.55 bits per heavy atom. The van der Waals surface area contributed by atoms with Crippen LogP contribution >= 0.6 is 15.9 Å². The van der Waals surface area contributed by atoms with Gasteiger partial charge in [-0.2, -0.15) is 13.2 Å². The SMILES string of the molecule is O=C(CCOCC(F)(F)F)NCC(Br)c1ccccc1. The third kappa shape index (κ3) is 7.49. The zero-order chi connectivity index (χ0) is 15.0. The molecule has 1 N–H and O–H groups in total. The summed E-state index contributed by atoms with van der Waals surface area (Å²) < 4.78 is 39.7. The highest BCUT2D eigenvalue weighted by atomic mass is 79.9. The quantitative estimate of drug-likeness (QED) is 0.603. The lowest BCUT2D eigenvalue weighted by molar-refractivity contribution is -0.174. The lowest BCUT2D eigenvalue weighted by Gasteiger charge is -2.12. The summed E-state index contributed by atoms with van der Waals surface area (Å²) >= 11 is 3.43. The number of rotatable bonds is 7. The predicted octanol–water partition coefficient (Wildman–Crippen LogP) is 3.21. The highest BCUT2D eigenvalue weighted by Crippen LogP contribution is 2.21. The number of carbonyl (C=O) groups is 1. The maximum atomic E-state index is 11.8. The Kier molecular flexibility index (Phi) is 7.01. The molecule has 1 rings (SSSR count). The van der Waals surface area contributed by atoms with Crippen molar-refractivity contribution in [1.82, 2.24) is 5.32 Å². The molecular weight excluding hydrogens is 339 g/mol. The first-order chi connectivity index (χ1) is 9.38. The van der Waals surface area contributed by atoms with Crippen LogP contribution in [0.3, 0.4) is 0 Å². The Morgan fingerprint density at radius 2 is 1.95 bits per heavy atom. The van der Waals surface area contributed by atoms with E-state index in [9.17, 15) is 18.0 Å². The Balaban J connectivity index is 2.17. The Bertz CT molecular complexity index is 412. The normalized spacial score (nSPS) is 13.0. The van der Waals surface area contributed by atoms with Crippen molar-refractivity contribution in [2.24, 2.45) is 0 Å². The van der Waals surface area contributed by atoms with Gasteiger partial charge in [0.1, 0.15) is 6.61 Å². The molecule has 0 radical (unpaired) electrons. The molecule has 0 saturated heterocycles. The molecule has 112 valence electrons. The molecule has 0 aliphatic heterocycles. The van der Waals surface area contributed by atoms with Crippen LogP contribution in [0.5, 0.6) is 0 Å².